The van der Waals surface area contributed by atoms with Crippen LogP contribution in [0.1, 0.15) is 0 Å². The molecule has 0 spiro atoms. The van der Waals surface area contributed by atoms with Crippen LogP contribution in [0.2, 0.25) is 0 Å². The molecule has 0 saturated carbocycles. The summed E-state index contributed by atoms with van der Waals surface area (Å²) >= 11 is 0. The van der Waals surface area contributed by atoms with Crippen LogP contribution in [-0.2, 0) is 21.1 Å². The normalized spacial score (nSPS) is 12.1. The topological polar surface area (TPSA) is 48.3 Å². The first kappa shape index (κ1) is 33.7. The molecule has 0 bridgehead atoms. The maximum atomic E-state index is 6.44. The van der Waals surface area contributed by atoms with Crippen molar-refractivity contribution in [3.8, 4) is 5.69 Å². The number of fused-ring (bicyclic) bond motifs is 13. The molecule has 5 nitrogen and oxygen atoms in total. The van der Waals surface area contributed by atoms with Crippen molar-refractivity contribution in [3.05, 3.63) is 195 Å². The molecule has 0 aliphatic rings. The van der Waals surface area contributed by atoms with E-state index in [2.05, 4.69) is 167 Å². The van der Waals surface area contributed by atoms with E-state index < -0.39 is 8.07 Å². The second kappa shape index (κ2) is 13.0. The van der Waals surface area contributed by atoms with Gasteiger partial charge in [0.25, 0.3) is 0 Å². The van der Waals surface area contributed by atoms with Crippen molar-refractivity contribution in [2.24, 2.45) is 0 Å². The van der Waals surface area contributed by atoms with E-state index in [0.717, 1.165) is 81.9 Å². The third-order valence-electron chi connectivity index (χ3n) is 11.5. The fourth-order valence-electron chi connectivity index (χ4n) is 9.20. The summed E-state index contributed by atoms with van der Waals surface area (Å²) in [6.07, 6.45) is 5.81. The molecule has 7 heteroatoms. The molecule has 12 rings (SSSR count). The van der Waals surface area contributed by atoms with Gasteiger partial charge in [-0.2, -0.15) is 23.4 Å². The first-order valence-electron chi connectivity index (χ1n) is 18.8. The van der Waals surface area contributed by atoms with Crippen LogP contribution in [0.5, 0.6) is 0 Å². The minimum Gasteiger partial charge on any atom is -0.456 e. The van der Waals surface area contributed by atoms with Crippen LogP contribution in [0.3, 0.4) is 0 Å². The summed E-state index contributed by atoms with van der Waals surface area (Å²) in [6, 6.07) is 66.6. The second-order valence-corrected chi connectivity index (χ2v) is 18.1. The van der Waals surface area contributed by atoms with Gasteiger partial charge in [0.1, 0.15) is 24.9 Å². The van der Waals surface area contributed by atoms with Crippen molar-refractivity contribution in [2.75, 3.05) is 0 Å². The smallest absolute Gasteiger partial charge is 0.456 e. The molecule has 12 aromatic rings. The molecule has 270 valence electrons. The van der Waals surface area contributed by atoms with Crippen LogP contribution in [0.4, 0.5) is 0 Å². The Labute approximate surface area is 342 Å². The van der Waals surface area contributed by atoms with Crippen molar-refractivity contribution < 1.29 is 25.5 Å². The number of nitrogens with zero attached hydrogens (tertiary/aromatic N) is 4. The average Bonchev–Trinajstić information content (AvgIpc) is 4.00. The zero-order chi connectivity index (χ0) is 36.8. The number of pyridine rings is 2. The van der Waals surface area contributed by atoms with Gasteiger partial charge in [-0.05, 0) is 52.2 Å². The molecule has 5 aromatic heterocycles. The Kier molecular flexibility index (Phi) is 7.68. The second-order valence-electron chi connectivity index (χ2n) is 14.4. The third-order valence-corrected chi connectivity index (χ3v) is 16.1. The summed E-state index contributed by atoms with van der Waals surface area (Å²) in [5, 5.41) is 12.4. The molecule has 0 unspecified atom stereocenters. The minimum absolute atomic E-state index is 0. The summed E-state index contributed by atoms with van der Waals surface area (Å²) in [5.41, 5.74) is 6.60. The van der Waals surface area contributed by atoms with Crippen molar-refractivity contribution in [1.82, 2.24) is 18.9 Å². The number of benzene rings is 7. The number of hydrogen-bond donors (Lipinski definition) is 0. The monoisotopic (exact) mass is 925 g/mol. The molecular weight excluding hydrogens is 896 g/mol. The van der Waals surface area contributed by atoms with E-state index in [4.69, 9.17) is 14.4 Å². The van der Waals surface area contributed by atoms with Crippen LogP contribution in [-0.4, -0.2) is 27.0 Å². The summed E-state index contributed by atoms with van der Waals surface area (Å²) in [7, 11) is -3.12. The summed E-state index contributed by atoms with van der Waals surface area (Å²) in [6.45, 7) is 0. The fourth-order valence-corrected chi connectivity index (χ4v) is 13.8. The Bertz CT molecular complexity index is 3460. The van der Waals surface area contributed by atoms with Crippen LogP contribution < -0.4 is 20.7 Å². The number of aromatic nitrogens is 4. The zero-order valence-electron chi connectivity index (χ0n) is 30.3. The Balaban J connectivity index is 0.00000374. The van der Waals surface area contributed by atoms with Crippen LogP contribution in [0.15, 0.2) is 187 Å². The average molecular weight is 926 g/mol. The maximum Gasteiger partial charge on any atom is 2.00 e. The quantitative estimate of drug-likeness (QED) is 0.0750. The maximum absolute atomic E-state index is 6.44. The van der Waals surface area contributed by atoms with Crippen molar-refractivity contribution in [2.45, 2.75) is 0 Å². The number of furan rings is 1. The van der Waals surface area contributed by atoms with Crippen LogP contribution >= 0.6 is 0 Å². The third kappa shape index (κ3) is 4.78. The summed E-state index contributed by atoms with van der Waals surface area (Å²) in [5.74, 6) is 0. The van der Waals surface area contributed by atoms with E-state index in [9.17, 15) is 0 Å². The Hall–Kier alpha value is -6.59. The van der Waals surface area contributed by atoms with Gasteiger partial charge in [0.2, 0.25) is 0 Å². The van der Waals surface area contributed by atoms with Gasteiger partial charge in [-0.1, -0.05) is 108 Å². The standard InChI is InChI=1S/C50H30N4OSi.Pt/c1-3-14-34(15-4-1)56(35-16-5-2-6-17-35,37-24-25-38-39-19-7-9-22-44(39)53-30-29-52-49(53)43(38)32-37)36-18-11-13-33(31-36)54-48-40(41-21-12-28-51-50(41)54)26-27-46-47(48)42-20-8-10-23-45(42)55-46;/h1-30H;/q-2;+2. The molecule has 0 N–H and O–H groups in total. The fraction of sp³-hybridized carbons (Fsp3) is 0. The molecular formula is C50H30N4OPtSi. The predicted octanol–water partition coefficient (Wildman–Crippen LogP) is 9.01. The van der Waals surface area contributed by atoms with E-state index in [-0.39, 0.29) is 21.1 Å². The van der Waals surface area contributed by atoms with Gasteiger partial charge in [-0.3, -0.25) is 4.98 Å². The van der Waals surface area contributed by atoms with E-state index >= 15 is 0 Å². The van der Waals surface area contributed by atoms with E-state index in [0.29, 0.717) is 0 Å². The van der Waals surface area contributed by atoms with Gasteiger partial charge < -0.3 is 13.4 Å². The molecule has 0 amide bonds. The Morgan fingerprint density at radius 3 is 2.00 bits per heavy atom. The number of hydrogen-bond acceptors (Lipinski definition) is 3. The number of para-hydroxylation sites is 2. The summed E-state index contributed by atoms with van der Waals surface area (Å²) < 4.78 is 10.9. The first-order chi connectivity index (χ1) is 27.8. The molecule has 0 fully saturated rings. The predicted molar refractivity (Wildman–Crippen MR) is 231 cm³/mol. The minimum atomic E-state index is -3.12. The largest absolute Gasteiger partial charge is 2.00 e. The van der Waals surface area contributed by atoms with E-state index in [1.54, 1.807) is 0 Å². The number of imidazole rings is 1. The molecule has 0 radical (unpaired) electrons. The van der Waals surface area contributed by atoms with Gasteiger partial charge in [0, 0.05) is 40.3 Å². The van der Waals surface area contributed by atoms with Crippen molar-refractivity contribution >= 4 is 100 Å². The Morgan fingerprint density at radius 2 is 1.18 bits per heavy atom. The SMILES string of the molecule is [Pt+2].[c-]1c(-n2c3ncccc3c3ccc4oc5ccccc5c4c32)cccc1[Si](c1[c-]c2c(cc1)c1ccccc1n1ccnc21)(c1ccccc1)c1ccccc1. The molecule has 7 aromatic carbocycles. The van der Waals surface area contributed by atoms with Gasteiger partial charge in [0.05, 0.1) is 16.6 Å². The molecule has 5 heterocycles. The van der Waals surface area contributed by atoms with Gasteiger partial charge >= 0.3 is 21.1 Å². The molecule has 0 aliphatic heterocycles. The number of rotatable bonds is 5. The van der Waals surface area contributed by atoms with Gasteiger partial charge in [-0.25, -0.2) is 4.98 Å². The summed E-state index contributed by atoms with van der Waals surface area (Å²) in [4.78, 5) is 9.93. The first-order valence-corrected chi connectivity index (χ1v) is 20.8. The van der Waals surface area contributed by atoms with Crippen LogP contribution in [0, 0.1) is 12.1 Å². The van der Waals surface area contributed by atoms with E-state index in [1.165, 1.54) is 15.8 Å². The molecule has 0 saturated heterocycles. The zero-order valence-corrected chi connectivity index (χ0v) is 33.6. The molecule has 0 aliphatic carbocycles. The van der Waals surface area contributed by atoms with Crippen LogP contribution in [0.25, 0.3) is 76.9 Å². The van der Waals surface area contributed by atoms with Gasteiger partial charge in [0.15, 0.2) is 0 Å². The Morgan fingerprint density at radius 1 is 0.491 bits per heavy atom. The van der Waals surface area contributed by atoms with Crippen molar-refractivity contribution in [1.29, 1.82) is 0 Å². The molecule has 57 heavy (non-hydrogen) atoms. The van der Waals surface area contributed by atoms with E-state index in [1.807, 2.05) is 36.8 Å². The molecule has 0 atom stereocenters. The van der Waals surface area contributed by atoms with Crippen molar-refractivity contribution in [3.63, 3.8) is 0 Å². The van der Waals surface area contributed by atoms with Gasteiger partial charge in [-0.15, -0.1) is 34.8 Å².